The molecule has 0 aromatic carbocycles. The maximum atomic E-state index is 4.36. The zero-order valence-corrected chi connectivity index (χ0v) is 11.4. The lowest BCUT2D eigenvalue weighted by Crippen LogP contribution is -2.19. The quantitative estimate of drug-likeness (QED) is 0.882. The van der Waals surface area contributed by atoms with E-state index in [-0.39, 0.29) is 0 Å². The number of nitrogens with zero attached hydrogens (tertiary/aromatic N) is 2. The average molecular weight is 249 g/mol. The summed E-state index contributed by atoms with van der Waals surface area (Å²) < 4.78 is 1.87. The van der Waals surface area contributed by atoms with E-state index in [0.717, 1.165) is 18.7 Å². The maximum Gasteiger partial charge on any atom is 0.0638 e. The van der Waals surface area contributed by atoms with Crippen molar-refractivity contribution in [1.82, 2.24) is 15.1 Å². The van der Waals surface area contributed by atoms with Gasteiger partial charge in [-0.15, -0.1) is 11.3 Å². The van der Waals surface area contributed by atoms with Gasteiger partial charge >= 0.3 is 0 Å². The minimum absolute atomic E-state index is 0.453. The summed E-state index contributed by atoms with van der Waals surface area (Å²) in [5, 5.41) is 10.1. The van der Waals surface area contributed by atoms with Crippen molar-refractivity contribution < 1.29 is 0 Å². The summed E-state index contributed by atoms with van der Waals surface area (Å²) in [7, 11) is 1.97. The molecular formula is C13H19N3S. The summed E-state index contributed by atoms with van der Waals surface area (Å²) >= 11 is 1.82. The minimum Gasteiger partial charge on any atom is -0.305 e. The largest absolute Gasteiger partial charge is 0.305 e. The molecular weight excluding hydrogens is 230 g/mol. The van der Waals surface area contributed by atoms with Crippen molar-refractivity contribution in [3.05, 3.63) is 39.8 Å². The van der Waals surface area contributed by atoms with Gasteiger partial charge in [0, 0.05) is 36.3 Å². The van der Waals surface area contributed by atoms with E-state index in [9.17, 15) is 0 Å². The van der Waals surface area contributed by atoms with E-state index in [4.69, 9.17) is 0 Å². The van der Waals surface area contributed by atoms with Gasteiger partial charge in [0.1, 0.15) is 0 Å². The van der Waals surface area contributed by atoms with Gasteiger partial charge in [-0.2, -0.15) is 5.10 Å². The van der Waals surface area contributed by atoms with Crippen molar-refractivity contribution in [2.24, 2.45) is 7.05 Å². The first-order chi connectivity index (χ1) is 8.20. The van der Waals surface area contributed by atoms with Crippen LogP contribution in [0.25, 0.3) is 0 Å². The summed E-state index contributed by atoms with van der Waals surface area (Å²) in [5.74, 6) is 0. The maximum absolute atomic E-state index is 4.36. The SMILES string of the molecule is CCC(NCc1cn(C)nc1C)c1cccs1. The Labute approximate surface area is 106 Å². The number of thiophene rings is 1. The van der Waals surface area contributed by atoms with Crippen LogP contribution >= 0.6 is 11.3 Å². The highest BCUT2D eigenvalue weighted by Gasteiger charge is 2.11. The van der Waals surface area contributed by atoms with Crippen LogP contribution in [0.1, 0.15) is 35.5 Å². The summed E-state index contributed by atoms with van der Waals surface area (Å²) in [4.78, 5) is 1.41. The van der Waals surface area contributed by atoms with E-state index in [1.807, 2.05) is 23.1 Å². The monoisotopic (exact) mass is 249 g/mol. The van der Waals surface area contributed by atoms with Crippen LogP contribution in [0.3, 0.4) is 0 Å². The number of aromatic nitrogens is 2. The van der Waals surface area contributed by atoms with Gasteiger partial charge in [-0.05, 0) is 24.8 Å². The van der Waals surface area contributed by atoms with Crippen molar-refractivity contribution >= 4 is 11.3 Å². The molecule has 2 rings (SSSR count). The van der Waals surface area contributed by atoms with Crippen molar-refractivity contribution in [2.45, 2.75) is 32.9 Å². The molecule has 0 bridgehead atoms. The summed E-state index contributed by atoms with van der Waals surface area (Å²) in [6, 6.07) is 4.76. The number of rotatable bonds is 5. The molecule has 0 fully saturated rings. The number of nitrogens with one attached hydrogen (secondary N) is 1. The van der Waals surface area contributed by atoms with Gasteiger partial charge in [-0.25, -0.2) is 0 Å². The molecule has 0 aliphatic carbocycles. The molecule has 0 amide bonds. The van der Waals surface area contributed by atoms with E-state index >= 15 is 0 Å². The van der Waals surface area contributed by atoms with Crippen molar-refractivity contribution in [3.8, 4) is 0 Å². The zero-order valence-electron chi connectivity index (χ0n) is 10.6. The first-order valence-corrected chi connectivity index (χ1v) is 6.84. The first kappa shape index (κ1) is 12.3. The fraction of sp³-hybridized carbons (Fsp3) is 0.462. The molecule has 1 N–H and O–H groups in total. The summed E-state index contributed by atoms with van der Waals surface area (Å²) in [6.07, 6.45) is 3.20. The van der Waals surface area contributed by atoms with Crippen LogP contribution in [0.5, 0.6) is 0 Å². The van der Waals surface area contributed by atoms with Gasteiger partial charge in [-0.1, -0.05) is 13.0 Å². The molecule has 1 atom stereocenters. The molecule has 1 unspecified atom stereocenters. The van der Waals surface area contributed by atoms with Crippen molar-refractivity contribution in [3.63, 3.8) is 0 Å². The van der Waals surface area contributed by atoms with E-state index < -0.39 is 0 Å². The summed E-state index contributed by atoms with van der Waals surface area (Å²) in [5.41, 5.74) is 2.39. The van der Waals surface area contributed by atoms with Gasteiger partial charge in [0.15, 0.2) is 0 Å². The van der Waals surface area contributed by atoms with Gasteiger partial charge in [0.05, 0.1) is 5.69 Å². The van der Waals surface area contributed by atoms with E-state index in [1.54, 1.807) is 0 Å². The predicted molar refractivity (Wildman–Crippen MR) is 72.1 cm³/mol. The Hall–Kier alpha value is -1.13. The van der Waals surface area contributed by atoms with Gasteiger partial charge in [0.25, 0.3) is 0 Å². The normalized spacial score (nSPS) is 12.9. The Morgan fingerprint density at radius 1 is 1.53 bits per heavy atom. The Morgan fingerprint density at radius 2 is 2.35 bits per heavy atom. The zero-order chi connectivity index (χ0) is 12.3. The predicted octanol–water partition coefficient (Wildman–Crippen LogP) is 3.03. The molecule has 0 radical (unpaired) electrons. The van der Waals surface area contributed by atoms with E-state index in [2.05, 4.69) is 48.0 Å². The third-order valence-corrected chi connectivity index (χ3v) is 3.93. The molecule has 92 valence electrons. The molecule has 17 heavy (non-hydrogen) atoms. The third kappa shape index (κ3) is 2.96. The third-order valence-electron chi connectivity index (χ3n) is 2.95. The van der Waals surface area contributed by atoms with Crippen LogP contribution in [0, 0.1) is 6.92 Å². The molecule has 2 aromatic heterocycles. The van der Waals surface area contributed by atoms with Crippen molar-refractivity contribution in [2.75, 3.05) is 0 Å². The second-order valence-electron chi connectivity index (χ2n) is 4.27. The van der Waals surface area contributed by atoms with E-state index in [1.165, 1.54) is 10.4 Å². The smallest absolute Gasteiger partial charge is 0.0638 e. The van der Waals surface area contributed by atoms with Crippen LogP contribution in [0.15, 0.2) is 23.7 Å². The second-order valence-corrected chi connectivity index (χ2v) is 5.25. The van der Waals surface area contributed by atoms with Gasteiger partial charge in [0.2, 0.25) is 0 Å². The van der Waals surface area contributed by atoms with Crippen LogP contribution in [-0.2, 0) is 13.6 Å². The topological polar surface area (TPSA) is 29.9 Å². The molecule has 2 aromatic rings. The fourth-order valence-corrected chi connectivity index (χ4v) is 2.88. The molecule has 0 saturated heterocycles. The van der Waals surface area contributed by atoms with Crippen molar-refractivity contribution in [1.29, 1.82) is 0 Å². The standard InChI is InChI=1S/C13H19N3S/c1-4-12(13-6-5-7-17-13)14-8-11-9-16(3)15-10(11)2/h5-7,9,12,14H,4,8H2,1-3H3. The number of hydrogen-bond acceptors (Lipinski definition) is 3. The van der Waals surface area contributed by atoms with E-state index in [0.29, 0.717) is 6.04 Å². The number of aryl methyl sites for hydroxylation is 2. The van der Waals surface area contributed by atoms with Crippen LogP contribution in [0.2, 0.25) is 0 Å². The highest BCUT2D eigenvalue weighted by atomic mass is 32.1. The number of hydrogen-bond donors (Lipinski definition) is 1. The molecule has 2 heterocycles. The fourth-order valence-electron chi connectivity index (χ4n) is 1.99. The van der Waals surface area contributed by atoms with Gasteiger partial charge < -0.3 is 5.32 Å². The Morgan fingerprint density at radius 3 is 2.88 bits per heavy atom. The average Bonchev–Trinajstić information content (AvgIpc) is 2.90. The first-order valence-electron chi connectivity index (χ1n) is 5.96. The summed E-state index contributed by atoms with van der Waals surface area (Å²) in [6.45, 7) is 5.16. The highest BCUT2D eigenvalue weighted by Crippen LogP contribution is 2.22. The van der Waals surface area contributed by atoms with Gasteiger partial charge in [-0.3, -0.25) is 4.68 Å². The highest BCUT2D eigenvalue weighted by molar-refractivity contribution is 7.10. The van der Waals surface area contributed by atoms with Crippen LogP contribution in [0.4, 0.5) is 0 Å². The minimum atomic E-state index is 0.453. The molecule has 4 heteroatoms. The lowest BCUT2D eigenvalue weighted by atomic mass is 10.1. The molecule has 0 saturated carbocycles. The molecule has 3 nitrogen and oxygen atoms in total. The lowest BCUT2D eigenvalue weighted by molar-refractivity contribution is 0.525. The van der Waals surface area contributed by atoms with Crippen LogP contribution in [-0.4, -0.2) is 9.78 Å². The molecule has 0 spiro atoms. The lowest BCUT2D eigenvalue weighted by Gasteiger charge is -2.14. The molecule has 0 aliphatic rings. The Balaban J connectivity index is 1.99. The Kier molecular flexibility index (Phi) is 3.97. The Bertz CT molecular complexity index is 459. The van der Waals surface area contributed by atoms with Crippen LogP contribution < -0.4 is 5.32 Å². The second kappa shape index (κ2) is 5.47. The molecule has 0 aliphatic heterocycles.